The molecule has 2 aromatic carbocycles. The molecular formula is C24H31N3O2. The third-order valence-corrected chi connectivity index (χ3v) is 5.33. The molecule has 3 aromatic rings. The fourth-order valence-corrected chi connectivity index (χ4v) is 3.53. The molecule has 5 heteroatoms. The van der Waals surface area contributed by atoms with Crippen molar-refractivity contribution in [1.82, 2.24) is 14.9 Å². The number of carbonyl (C=O) groups excluding carboxylic acids is 1. The van der Waals surface area contributed by atoms with E-state index in [1.807, 2.05) is 30.3 Å². The number of hydrogen-bond donors (Lipinski definition) is 1. The predicted molar refractivity (Wildman–Crippen MR) is 117 cm³/mol. The van der Waals surface area contributed by atoms with Crippen molar-refractivity contribution in [3.05, 3.63) is 59.9 Å². The summed E-state index contributed by atoms with van der Waals surface area (Å²) in [6, 6.07) is 16.2. The van der Waals surface area contributed by atoms with Crippen molar-refractivity contribution in [3.8, 4) is 5.75 Å². The van der Waals surface area contributed by atoms with E-state index in [0.29, 0.717) is 13.2 Å². The van der Waals surface area contributed by atoms with E-state index < -0.39 is 0 Å². The average Bonchev–Trinajstić information content (AvgIpc) is 3.09. The molecule has 0 atom stereocenters. The van der Waals surface area contributed by atoms with Gasteiger partial charge < -0.3 is 14.6 Å². The van der Waals surface area contributed by atoms with Gasteiger partial charge in [-0.2, -0.15) is 0 Å². The SMILES string of the molecule is CCC(CC)C(=O)NCc1nc2ccccc2n1CCCOc1ccc(C)cc1. The largest absolute Gasteiger partial charge is 0.494 e. The molecule has 1 heterocycles. The maximum Gasteiger partial charge on any atom is 0.223 e. The van der Waals surface area contributed by atoms with E-state index in [1.165, 1.54) is 5.56 Å². The van der Waals surface area contributed by atoms with Gasteiger partial charge in [0.05, 0.1) is 24.2 Å². The van der Waals surface area contributed by atoms with Crippen LogP contribution < -0.4 is 10.1 Å². The molecular weight excluding hydrogens is 362 g/mol. The second-order valence-corrected chi connectivity index (χ2v) is 7.41. The number of aromatic nitrogens is 2. The highest BCUT2D eigenvalue weighted by atomic mass is 16.5. The first-order valence-corrected chi connectivity index (χ1v) is 10.5. The minimum Gasteiger partial charge on any atom is -0.494 e. The topological polar surface area (TPSA) is 56.2 Å². The number of carbonyl (C=O) groups is 1. The van der Waals surface area contributed by atoms with Crippen molar-refractivity contribution < 1.29 is 9.53 Å². The zero-order chi connectivity index (χ0) is 20.6. The van der Waals surface area contributed by atoms with E-state index in [0.717, 1.165) is 48.4 Å². The van der Waals surface area contributed by atoms with E-state index in [-0.39, 0.29) is 11.8 Å². The third-order valence-electron chi connectivity index (χ3n) is 5.33. The van der Waals surface area contributed by atoms with Crippen LogP contribution >= 0.6 is 0 Å². The Morgan fingerprint density at radius 3 is 2.55 bits per heavy atom. The van der Waals surface area contributed by atoms with Crippen LogP contribution in [0.3, 0.4) is 0 Å². The fraction of sp³-hybridized carbons (Fsp3) is 0.417. The lowest BCUT2D eigenvalue weighted by Crippen LogP contribution is -2.30. The molecule has 3 rings (SSSR count). The molecule has 29 heavy (non-hydrogen) atoms. The van der Waals surface area contributed by atoms with Crippen LogP contribution in [0.2, 0.25) is 0 Å². The summed E-state index contributed by atoms with van der Waals surface area (Å²) in [5, 5.41) is 3.07. The smallest absolute Gasteiger partial charge is 0.223 e. The summed E-state index contributed by atoms with van der Waals surface area (Å²) in [7, 11) is 0. The molecule has 154 valence electrons. The highest BCUT2D eigenvalue weighted by Gasteiger charge is 2.16. The van der Waals surface area contributed by atoms with E-state index in [9.17, 15) is 4.79 Å². The number of para-hydroxylation sites is 2. The van der Waals surface area contributed by atoms with Crippen LogP contribution in [-0.2, 0) is 17.9 Å². The second-order valence-electron chi connectivity index (χ2n) is 7.41. The summed E-state index contributed by atoms with van der Waals surface area (Å²) in [4.78, 5) is 17.1. The molecule has 1 aromatic heterocycles. The number of amides is 1. The van der Waals surface area contributed by atoms with Crippen molar-refractivity contribution >= 4 is 16.9 Å². The molecule has 1 amide bonds. The van der Waals surface area contributed by atoms with E-state index in [1.54, 1.807) is 0 Å². The van der Waals surface area contributed by atoms with Gasteiger partial charge in [-0.15, -0.1) is 0 Å². The number of hydrogen-bond acceptors (Lipinski definition) is 3. The number of ether oxygens (including phenoxy) is 1. The molecule has 0 aliphatic heterocycles. The van der Waals surface area contributed by atoms with Crippen LogP contribution in [0.4, 0.5) is 0 Å². The Hall–Kier alpha value is -2.82. The highest BCUT2D eigenvalue weighted by Crippen LogP contribution is 2.18. The van der Waals surface area contributed by atoms with Gasteiger partial charge in [0.25, 0.3) is 0 Å². The van der Waals surface area contributed by atoms with Gasteiger partial charge in [-0.1, -0.05) is 43.7 Å². The Balaban J connectivity index is 1.64. The molecule has 5 nitrogen and oxygen atoms in total. The first-order chi connectivity index (χ1) is 14.1. The van der Waals surface area contributed by atoms with Crippen LogP contribution in [0.5, 0.6) is 5.75 Å². The van der Waals surface area contributed by atoms with Crippen LogP contribution in [0.25, 0.3) is 11.0 Å². The van der Waals surface area contributed by atoms with Gasteiger partial charge in [0.15, 0.2) is 0 Å². The van der Waals surface area contributed by atoms with E-state index in [4.69, 9.17) is 9.72 Å². The fourth-order valence-electron chi connectivity index (χ4n) is 3.53. The summed E-state index contributed by atoms with van der Waals surface area (Å²) >= 11 is 0. The minimum absolute atomic E-state index is 0.0655. The van der Waals surface area contributed by atoms with Crippen molar-refractivity contribution in [1.29, 1.82) is 0 Å². The molecule has 0 spiro atoms. The van der Waals surface area contributed by atoms with Crippen molar-refractivity contribution in [2.24, 2.45) is 5.92 Å². The van der Waals surface area contributed by atoms with Gasteiger partial charge in [0, 0.05) is 12.5 Å². The van der Waals surface area contributed by atoms with Gasteiger partial charge in [0.2, 0.25) is 5.91 Å². The summed E-state index contributed by atoms with van der Waals surface area (Å²) in [5.41, 5.74) is 3.27. The molecule has 1 N–H and O–H groups in total. The van der Waals surface area contributed by atoms with Crippen molar-refractivity contribution in [3.63, 3.8) is 0 Å². The standard InChI is InChI=1S/C24H31N3O2/c1-4-19(5-2)24(28)25-17-23-26-21-9-6-7-10-22(21)27(23)15-8-16-29-20-13-11-18(3)12-14-20/h6-7,9-14,19H,4-5,8,15-17H2,1-3H3,(H,25,28). The molecule has 0 aliphatic carbocycles. The number of fused-ring (bicyclic) bond motifs is 1. The Bertz CT molecular complexity index is 927. The highest BCUT2D eigenvalue weighted by molar-refractivity contribution is 5.79. The molecule has 0 unspecified atom stereocenters. The number of nitrogens with one attached hydrogen (secondary N) is 1. The lowest BCUT2D eigenvalue weighted by molar-refractivity contribution is -0.125. The summed E-state index contributed by atoms with van der Waals surface area (Å²) in [6.45, 7) is 8.05. The predicted octanol–water partition coefficient (Wildman–Crippen LogP) is 4.87. The second kappa shape index (κ2) is 10.1. The molecule has 0 aliphatic rings. The normalized spacial score (nSPS) is 11.2. The van der Waals surface area contributed by atoms with Crippen molar-refractivity contribution in [2.45, 2.75) is 53.1 Å². The Kier molecular flexibility index (Phi) is 7.28. The molecule has 0 saturated carbocycles. The van der Waals surface area contributed by atoms with Gasteiger partial charge in [-0.05, 0) is 50.5 Å². The number of rotatable bonds is 10. The van der Waals surface area contributed by atoms with Crippen molar-refractivity contribution in [2.75, 3.05) is 6.61 Å². The van der Waals surface area contributed by atoms with Gasteiger partial charge in [-0.25, -0.2) is 4.98 Å². The Morgan fingerprint density at radius 2 is 1.83 bits per heavy atom. The zero-order valence-corrected chi connectivity index (χ0v) is 17.6. The van der Waals surface area contributed by atoms with Gasteiger partial charge >= 0.3 is 0 Å². The zero-order valence-electron chi connectivity index (χ0n) is 17.6. The summed E-state index contributed by atoms with van der Waals surface area (Å²) in [5.74, 6) is 1.96. The average molecular weight is 394 g/mol. The maximum atomic E-state index is 12.4. The first kappa shape index (κ1) is 20.9. The van der Waals surface area contributed by atoms with Crippen LogP contribution in [-0.4, -0.2) is 22.1 Å². The molecule has 0 fully saturated rings. The Labute approximate surface area is 173 Å². The van der Waals surface area contributed by atoms with Gasteiger partial charge in [0.1, 0.15) is 11.6 Å². The lowest BCUT2D eigenvalue weighted by Gasteiger charge is -2.14. The first-order valence-electron chi connectivity index (χ1n) is 10.5. The lowest BCUT2D eigenvalue weighted by atomic mass is 10.0. The number of benzene rings is 2. The summed E-state index contributed by atoms with van der Waals surface area (Å²) in [6.07, 6.45) is 2.58. The molecule has 0 bridgehead atoms. The molecule has 0 radical (unpaired) electrons. The monoisotopic (exact) mass is 393 g/mol. The van der Waals surface area contributed by atoms with E-state index in [2.05, 4.69) is 48.9 Å². The van der Waals surface area contributed by atoms with Gasteiger partial charge in [-0.3, -0.25) is 4.79 Å². The minimum atomic E-state index is 0.0655. The van der Waals surface area contributed by atoms with Crippen LogP contribution in [0.15, 0.2) is 48.5 Å². The number of aryl methyl sites for hydroxylation is 2. The van der Waals surface area contributed by atoms with Crippen LogP contribution in [0, 0.1) is 12.8 Å². The molecule has 0 saturated heterocycles. The maximum absolute atomic E-state index is 12.4. The number of imidazole rings is 1. The Morgan fingerprint density at radius 1 is 1.10 bits per heavy atom. The van der Waals surface area contributed by atoms with Crippen LogP contribution in [0.1, 0.15) is 44.5 Å². The number of nitrogens with zero attached hydrogens (tertiary/aromatic N) is 2. The quantitative estimate of drug-likeness (QED) is 0.500. The third kappa shape index (κ3) is 5.37. The van der Waals surface area contributed by atoms with E-state index >= 15 is 0 Å². The summed E-state index contributed by atoms with van der Waals surface area (Å²) < 4.78 is 8.06.